The fourth-order valence-corrected chi connectivity index (χ4v) is 2.68. The van der Waals surface area contributed by atoms with Crippen molar-refractivity contribution in [1.82, 2.24) is 10.6 Å². The molecule has 0 aromatic rings. The molecule has 0 aromatic carbocycles. The predicted molar refractivity (Wildman–Crippen MR) is 64.3 cm³/mol. The Hall–Kier alpha value is -0.610. The van der Waals surface area contributed by atoms with E-state index in [1.54, 1.807) is 7.05 Å². The third-order valence-electron chi connectivity index (χ3n) is 2.77. The Balaban J connectivity index is 2.57. The summed E-state index contributed by atoms with van der Waals surface area (Å²) in [6.07, 6.45) is 1.75. The van der Waals surface area contributed by atoms with Gasteiger partial charge in [-0.15, -0.1) is 0 Å². The highest BCUT2D eigenvalue weighted by atomic mass is 16.5. The zero-order valence-corrected chi connectivity index (χ0v) is 11.0. The predicted octanol–water partition coefficient (Wildman–Crippen LogP) is 1.06. The molecule has 1 fully saturated rings. The van der Waals surface area contributed by atoms with Crippen molar-refractivity contribution < 1.29 is 9.53 Å². The number of esters is 1. The first-order valence-electron chi connectivity index (χ1n) is 5.87. The molecular formula is C12H24N2O2. The van der Waals surface area contributed by atoms with Crippen LogP contribution in [0, 0.1) is 0 Å². The molecule has 1 aliphatic heterocycles. The maximum absolute atomic E-state index is 11.4. The van der Waals surface area contributed by atoms with Crippen LogP contribution in [0.25, 0.3) is 0 Å². The summed E-state index contributed by atoms with van der Waals surface area (Å²) in [5.74, 6) is -0.166. The lowest BCUT2D eigenvalue weighted by molar-refractivity contribution is -0.151. The second-order valence-electron chi connectivity index (χ2n) is 5.94. The van der Waals surface area contributed by atoms with Crippen LogP contribution < -0.4 is 10.6 Å². The molecule has 0 atom stereocenters. The third kappa shape index (κ3) is 4.10. The average Bonchev–Trinajstić information content (AvgIpc) is 1.96. The van der Waals surface area contributed by atoms with Gasteiger partial charge in [0.15, 0.2) is 0 Å². The molecular weight excluding hydrogens is 204 g/mol. The quantitative estimate of drug-likeness (QED) is 0.709. The summed E-state index contributed by atoms with van der Waals surface area (Å²) >= 11 is 0. The van der Waals surface area contributed by atoms with Crippen LogP contribution >= 0.6 is 0 Å². The molecule has 0 aromatic heterocycles. The standard InChI is InChI=1S/C12H24N2O2/c1-11(2)6-9(7-12(3,4)14-11)16-10(15)8-13-5/h9,13-14H,6-8H2,1-5H3. The molecule has 1 rings (SSSR count). The van der Waals surface area contributed by atoms with Crippen molar-refractivity contribution in [2.24, 2.45) is 0 Å². The van der Waals surface area contributed by atoms with Crippen molar-refractivity contribution in [3.05, 3.63) is 0 Å². The van der Waals surface area contributed by atoms with Gasteiger partial charge in [0.1, 0.15) is 6.10 Å². The summed E-state index contributed by atoms with van der Waals surface area (Å²) in [6.45, 7) is 8.87. The second kappa shape index (κ2) is 4.72. The Kier molecular flexibility index (Phi) is 3.97. The van der Waals surface area contributed by atoms with E-state index in [0.29, 0.717) is 0 Å². The number of hydrogen-bond donors (Lipinski definition) is 2. The van der Waals surface area contributed by atoms with Crippen LogP contribution in [0.5, 0.6) is 0 Å². The molecule has 0 spiro atoms. The summed E-state index contributed by atoms with van der Waals surface area (Å²) < 4.78 is 5.46. The van der Waals surface area contributed by atoms with E-state index < -0.39 is 0 Å². The molecule has 1 saturated heterocycles. The van der Waals surface area contributed by atoms with Crippen molar-refractivity contribution in [3.8, 4) is 0 Å². The molecule has 0 unspecified atom stereocenters. The lowest BCUT2D eigenvalue weighted by atomic mass is 9.81. The number of carbonyl (C=O) groups is 1. The van der Waals surface area contributed by atoms with Crippen LogP contribution in [0.4, 0.5) is 0 Å². The monoisotopic (exact) mass is 228 g/mol. The largest absolute Gasteiger partial charge is 0.461 e. The van der Waals surface area contributed by atoms with E-state index in [2.05, 4.69) is 38.3 Å². The highest BCUT2D eigenvalue weighted by Gasteiger charge is 2.39. The minimum absolute atomic E-state index is 0.0202. The van der Waals surface area contributed by atoms with Crippen molar-refractivity contribution in [3.63, 3.8) is 0 Å². The molecule has 0 saturated carbocycles. The maximum Gasteiger partial charge on any atom is 0.320 e. The number of ether oxygens (including phenoxy) is 1. The van der Waals surface area contributed by atoms with Crippen LogP contribution in [0.15, 0.2) is 0 Å². The van der Waals surface area contributed by atoms with Gasteiger partial charge in [-0.05, 0) is 34.7 Å². The minimum Gasteiger partial charge on any atom is -0.461 e. The van der Waals surface area contributed by atoms with Gasteiger partial charge < -0.3 is 15.4 Å². The minimum atomic E-state index is -0.166. The molecule has 94 valence electrons. The van der Waals surface area contributed by atoms with Gasteiger partial charge >= 0.3 is 5.97 Å². The molecule has 1 heterocycles. The van der Waals surface area contributed by atoms with E-state index in [9.17, 15) is 4.79 Å². The number of piperidine rings is 1. The molecule has 0 amide bonds. The van der Waals surface area contributed by atoms with Gasteiger partial charge in [-0.3, -0.25) is 4.79 Å². The fourth-order valence-electron chi connectivity index (χ4n) is 2.68. The van der Waals surface area contributed by atoms with E-state index in [1.807, 2.05) is 0 Å². The molecule has 0 aliphatic carbocycles. The van der Waals surface area contributed by atoms with Crippen molar-refractivity contribution in [2.45, 2.75) is 57.7 Å². The van der Waals surface area contributed by atoms with Gasteiger partial charge in [-0.1, -0.05) is 0 Å². The number of hydrogen-bond acceptors (Lipinski definition) is 4. The normalized spacial score (nSPS) is 24.1. The smallest absolute Gasteiger partial charge is 0.320 e. The number of rotatable bonds is 3. The van der Waals surface area contributed by atoms with E-state index in [1.165, 1.54) is 0 Å². The van der Waals surface area contributed by atoms with E-state index in [0.717, 1.165) is 12.8 Å². The Morgan fingerprint density at radius 2 is 1.81 bits per heavy atom. The van der Waals surface area contributed by atoms with E-state index in [-0.39, 0.29) is 29.7 Å². The molecule has 16 heavy (non-hydrogen) atoms. The SMILES string of the molecule is CNCC(=O)OC1CC(C)(C)NC(C)(C)C1. The second-order valence-corrected chi connectivity index (χ2v) is 5.94. The summed E-state index contributed by atoms with van der Waals surface area (Å²) in [5.41, 5.74) is 0.0404. The van der Waals surface area contributed by atoms with Crippen molar-refractivity contribution in [2.75, 3.05) is 13.6 Å². The van der Waals surface area contributed by atoms with Crippen LogP contribution in [-0.2, 0) is 9.53 Å². The van der Waals surface area contributed by atoms with Crippen LogP contribution in [0.3, 0.4) is 0 Å². The first kappa shape index (κ1) is 13.5. The van der Waals surface area contributed by atoms with Gasteiger partial charge in [-0.2, -0.15) is 0 Å². The Labute approximate surface area is 98.1 Å². The van der Waals surface area contributed by atoms with Gasteiger partial charge in [0.05, 0.1) is 6.54 Å². The van der Waals surface area contributed by atoms with Gasteiger partial charge in [0.25, 0.3) is 0 Å². The first-order valence-corrected chi connectivity index (χ1v) is 5.87. The molecule has 0 radical (unpaired) electrons. The molecule has 0 bridgehead atoms. The van der Waals surface area contributed by atoms with Crippen LogP contribution in [0.2, 0.25) is 0 Å². The topological polar surface area (TPSA) is 50.4 Å². The Morgan fingerprint density at radius 3 is 2.25 bits per heavy atom. The zero-order chi connectivity index (χ0) is 12.4. The number of nitrogens with one attached hydrogen (secondary N) is 2. The molecule has 1 aliphatic rings. The molecule has 4 heteroatoms. The van der Waals surface area contributed by atoms with Crippen molar-refractivity contribution >= 4 is 5.97 Å². The summed E-state index contributed by atoms with van der Waals surface area (Å²) in [6, 6.07) is 0. The highest BCUT2D eigenvalue weighted by Crippen LogP contribution is 2.30. The first-order chi connectivity index (χ1) is 7.24. The number of carbonyl (C=O) groups excluding carboxylic acids is 1. The highest BCUT2D eigenvalue weighted by molar-refractivity contribution is 5.71. The van der Waals surface area contributed by atoms with Crippen LogP contribution in [0.1, 0.15) is 40.5 Å². The summed E-state index contributed by atoms with van der Waals surface area (Å²) in [7, 11) is 1.75. The Bertz CT molecular complexity index is 246. The third-order valence-corrected chi connectivity index (χ3v) is 2.77. The van der Waals surface area contributed by atoms with E-state index >= 15 is 0 Å². The number of likely N-dealkylation sites (N-methyl/N-ethyl adjacent to an activating group) is 1. The lowest BCUT2D eigenvalue weighted by Crippen LogP contribution is -2.59. The summed E-state index contributed by atoms with van der Waals surface area (Å²) in [4.78, 5) is 11.4. The average molecular weight is 228 g/mol. The van der Waals surface area contributed by atoms with E-state index in [4.69, 9.17) is 4.74 Å². The van der Waals surface area contributed by atoms with Gasteiger partial charge in [-0.25, -0.2) is 0 Å². The molecule has 4 nitrogen and oxygen atoms in total. The van der Waals surface area contributed by atoms with Crippen LogP contribution in [-0.4, -0.2) is 36.7 Å². The fraction of sp³-hybridized carbons (Fsp3) is 0.917. The van der Waals surface area contributed by atoms with Gasteiger partial charge in [0, 0.05) is 23.9 Å². The van der Waals surface area contributed by atoms with Crippen molar-refractivity contribution in [1.29, 1.82) is 0 Å². The maximum atomic E-state index is 11.4. The van der Waals surface area contributed by atoms with Gasteiger partial charge in [0.2, 0.25) is 0 Å². The summed E-state index contributed by atoms with van der Waals surface area (Å²) in [5, 5.41) is 6.37. The lowest BCUT2D eigenvalue weighted by Gasteiger charge is -2.45. The Morgan fingerprint density at radius 1 is 1.31 bits per heavy atom. The molecule has 2 N–H and O–H groups in total. The zero-order valence-electron chi connectivity index (χ0n) is 11.0.